The molecule has 1 N–H and O–H groups in total. The Morgan fingerprint density at radius 3 is 2.80 bits per heavy atom. The van der Waals surface area contributed by atoms with Gasteiger partial charge in [-0.15, -0.1) is 0 Å². The van der Waals surface area contributed by atoms with Crippen LogP contribution in [0.4, 0.5) is 0 Å². The van der Waals surface area contributed by atoms with E-state index in [0.29, 0.717) is 0 Å². The molecule has 0 radical (unpaired) electrons. The molecular weight excluding hydrogens is 252 g/mol. The van der Waals surface area contributed by atoms with Gasteiger partial charge < -0.3 is 10.1 Å². The normalized spacial score (nSPS) is 12.3. The van der Waals surface area contributed by atoms with Crippen LogP contribution in [0, 0.1) is 0 Å². The molecule has 1 atom stereocenters. The standard InChI is InChI=1S/C15H22N4O/c1-4-17-13(9-12-7-6-8-16-10-12)15-14(20-3)11-18-19(15)5-2/h6-8,10-11,13,17H,4-5,9H2,1-3H3. The highest BCUT2D eigenvalue weighted by atomic mass is 16.5. The number of hydrogen-bond donors (Lipinski definition) is 1. The van der Waals surface area contributed by atoms with Gasteiger partial charge >= 0.3 is 0 Å². The summed E-state index contributed by atoms with van der Waals surface area (Å²) in [5.41, 5.74) is 2.30. The maximum Gasteiger partial charge on any atom is 0.161 e. The van der Waals surface area contributed by atoms with Gasteiger partial charge in [-0.1, -0.05) is 13.0 Å². The van der Waals surface area contributed by atoms with Gasteiger partial charge in [0, 0.05) is 18.9 Å². The van der Waals surface area contributed by atoms with E-state index in [0.717, 1.165) is 31.0 Å². The summed E-state index contributed by atoms with van der Waals surface area (Å²) in [5.74, 6) is 0.835. The minimum absolute atomic E-state index is 0.168. The summed E-state index contributed by atoms with van der Waals surface area (Å²) in [5, 5.41) is 7.90. The lowest BCUT2D eigenvalue weighted by atomic mass is 10.0. The Bertz CT molecular complexity index is 502. The molecule has 2 rings (SSSR count). The number of nitrogens with one attached hydrogen (secondary N) is 1. The van der Waals surface area contributed by atoms with E-state index >= 15 is 0 Å². The lowest BCUT2D eigenvalue weighted by molar-refractivity contribution is 0.391. The lowest BCUT2D eigenvalue weighted by Gasteiger charge is -2.20. The first-order valence-corrected chi connectivity index (χ1v) is 7.02. The highest BCUT2D eigenvalue weighted by Gasteiger charge is 2.21. The number of pyridine rings is 1. The number of hydrogen-bond acceptors (Lipinski definition) is 4. The van der Waals surface area contributed by atoms with E-state index in [4.69, 9.17) is 4.74 Å². The van der Waals surface area contributed by atoms with Crippen molar-refractivity contribution in [2.45, 2.75) is 32.9 Å². The molecular formula is C15H22N4O. The molecule has 0 bridgehead atoms. The first-order valence-electron chi connectivity index (χ1n) is 7.02. The summed E-state index contributed by atoms with van der Waals surface area (Å²) in [6, 6.07) is 4.23. The highest BCUT2D eigenvalue weighted by molar-refractivity contribution is 5.30. The molecule has 0 fully saturated rings. The molecule has 0 amide bonds. The van der Waals surface area contributed by atoms with E-state index in [1.807, 2.05) is 16.9 Å². The quantitative estimate of drug-likeness (QED) is 0.841. The summed E-state index contributed by atoms with van der Waals surface area (Å²) < 4.78 is 7.44. The maximum atomic E-state index is 5.45. The molecule has 2 heterocycles. The van der Waals surface area contributed by atoms with Crippen molar-refractivity contribution in [3.8, 4) is 5.75 Å². The van der Waals surface area contributed by atoms with Crippen molar-refractivity contribution in [1.82, 2.24) is 20.1 Å². The molecule has 1 unspecified atom stereocenters. The van der Waals surface area contributed by atoms with E-state index in [1.165, 1.54) is 5.56 Å². The molecule has 20 heavy (non-hydrogen) atoms. The Hall–Kier alpha value is -1.88. The molecule has 0 aliphatic carbocycles. The average molecular weight is 274 g/mol. The fraction of sp³-hybridized carbons (Fsp3) is 0.467. The third kappa shape index (κ3) is 3.17. The zero-order valence-electron chi connectivity index (χ0n) is 12.3. The molecule has 0 saturated heterocycles. The Morgan fingerprint density at radius 1 is 1.35 bits per heavy atom. The van der Waals surface area contributed by atoms with Crippen molar-refractivity contribution in [3.05, 3.63) is 42.0 Å². The van der Waals surface area contributed by atoms with E-state index < -0.39 is 0 Å². The predicted molar refractivity (Wildman–Crippen MR) is 78.8 cm³/mol. The molecule has 5 heteroatoms. The average Bonchev–Trinajstić information content (AvgIpc) is 2.90. The molecule has 2 aromatic rings. The van der Waals surface area contributed by atoms with Gasteiger partial charge in [0.2, 0.25) is 0 Å². The fourth-order valence-corrected chi connectivity index (χ4v) is 2.41. The molecule has 108 valence electrons. The van der Waals surface area contributed by atoms with E-state index in [1.54, 1.807) is 19.5 Å². The number of rotatable bonds is 7. The molecule has 0 aromatic carbocycles. The van der Waals surface area contributed by atoms with Crippen molar-refractivity contribution in [2.75, 3.05) is 13.7 Å². The Kier molecular flexibility index (Phi) is 5.12. The van der Waals surface area contributed by atoms with Gasteiger partial charge in [-0.05, 0) is 31.5 Å². The summed E-state index contributed by atoms with van der Waals surface area (Å²) >= 11 is 0. The Balaban J connectivity index is 2.30. The van der Waals surface area contributed by atoms with Gasteiger partial charge in [-0.25, -0.2) is 0 Å². The summed E-state index contributed by atoms with van der Waals surface area (Å²) in [7, 11) is 1.69. The van der Waals surface area contributed by atoms with Gasteiger partial charge in [0.05, 0.1) is 25.0 Å². The minimum atomic E-state index is 0.168. The van der Waals surface area contributed by atoms with Crippen LogP contribution in [0.25, 0.3) is 0 Å². The third-order valence-corrected chi connectivity index (χ3v) is 3.31. The maximum absolute atomic E-state index is 5.45. The molecule has 0 saturated carbocycles. The molecule has 5 nitrogen and oxygen atoms in total. The number of aromatic nitrogens is 3. The number of likely N-dealkylation sites (N-methyl/N-ethyl adjacent to an activating group) is 1. The van der Waals surface area contributed by atoms with Gasteiger partial charge in [0.25, 0.3) is 0 Å². The molecule has 0 aliphatic heterocycles. The van der Waals surface area contributed by atoms with Crippen molar-refractivity contribution < 1.29 is 4.74 Å². The number of methoxy groups -OCH3 is 1. The zero-order valence-corrected chi connectivity index (χ0v) is 12.3. The molecule has 0 spiro atoms. The van der Waals surface area contributed by atoms with E-state index in [-0.39, 0.29) is 6.04 Å². The van der Waals surface area contributed by atoms with Crippen molar-refractivity contribution in [2.24, 2.45) is 0 Å². The van der Waals surface area contributed by atoms with Crippen LogP contribution in [0.2, 0.25) is 0 Å². The summed E-state index contributed by atoms with van der Waals surface area (Å²) in [6.07, 6.45) is 6.35. The molecule has 2 aromatic heterocycles. The van der Waals surface area contributed by atoms with Crippen LogP contribution in [-0.4, -0.2) is 28.4 Å². The van der Waals surface area contributed by atoms with Gasteiger partial charge in [-0.2, -0.15) is 5.10 Å². The number of ether oxygens (including phenoxy) is 1. The van der Waals surface area contributed by atoms with Gasteiger partial charge in [0.15, 0.2) is 5.75 Å². The second-order valence-electron chi connectivity index (χ2n) is 4.59. The first-order chi connectivity index (χ1) is 9.80. The Labute approximate surface area is 120 Å². The highest BCUT2D eigenvalue weighted by Crippen LogP contribution is 2.27. The van der Waals surface area contributed by atoms with E-state index in [2.05, 4.69) is 35.3 Å². The van der Waals surface area contributed by atoms with Gasteiger partial charge in [-0.3, -0.25) is 9.67 Å². The SMILES string of the molecule is CCNC(Cc1cccnc1)c1c(OC)cnn1CC. The number of aryl methyl sites for hydroxylation is 1. The Morgan fingerprint density at radius 2 is 2.20 bits per heavy atom. The summed E-state index contributed by atoms with van der Waals surface area (Å²) in [4.78, 5) is 4.18. The van der Waals surface area contributed by atoms with Crippen LogP contribution >= 0.6 is 0 Å². The van der Waals surface area contributed by atoms with Gasteiger partial charge in [0.1, 0.15) is 0 Å². The second kappa shape index (κ2) is 7.05. The lowest BCUT2D eigenvalue weighted by Crippen LogP contribution is -2.26. The second-order valence-corrected chi connectivity index (χ2v) is 4.59. The van der Waals surface area contributed by atoms with Crippen molar-refractivity contribution in [3.63, 3.8) is 0 Å². The smallest absolute Gasteiger partial charge is 0.161 e. The van der Waals surface area contributed by atoms with Crippen LogP contribution in [0.1, 0.15) is 31.1 Å². The monoisotopic (exact) mass is 274 g/mol. The first kappa shape index (κ1) is 14.5. The fourth-order valence-electron chi connectivity index (χ4n) is 2.41. The number of nitrogens with zero attached hydrogens (tertiary/aromatic N) is 3. The van der Waals surface area contributed by atoms with E-state index in [9.17, 15) is 0 Å². The minimum Gasteiger partial charge on any atom is -0.493 e. The van der Waals surface area contributed by atoms with Crippen molar-refractivity contribution >= 4 is 0 Å². The van der Waals surface area contributed by atoms with Crippen LogP contribution < -0.4 is 10.1 Å². The third-order valence-electron chi connectivity index (χ3n) is 3.31. The van der Waals surface area contributed by atoms with Crippen LogP contribution in [-0.2, 0) is 13.0 Å². The topological polar surface area (TPSA) is 52.0 Å². The summed E-state index contributed by atoms with van der Waals surface area (Å²) in [6.45, 7) is 5.91. The van der Waals surface area contributed by atoms with Crippen LogP contribution in [0.15, 0.2) is 30.7 Å². The molecule has 0 aliphatic rings. The predicted octanol–water partition coefficient (Wildman–Crippen LogP) is 2.20. The van der Waals surface area contributed by atoms with Crippen LogP contribution in [0.5, 0.6) is 5.75 Å². The van der Waals surface area contributed by atoms with Crippen LogP contribution in [0.3, 0.4) is 0 Å². The largest absolute Gasteiger partial charge is 0.493 e. The van der Waals surface area contributed by atoms with Crippen molar-refractivity contribution in [1.29, 1.82) is 0 Å². The zero-order chi connectivity index (χ0) is 14.4.